The maximum atomic E-state index is 6.11. The number of hydrogen-bond acceptors (Lipinski definition) is 4. The van der Waals surface area contributed by atoms with Crippen LogP contribution in [0.3, 0.4) is 0 Å². The fraction of sp³-hybridized carbons (Fsp3) is 0.143. The summed E-state index contributed by atoms with van der Waals surface area (Å²) in [5, 5.41) is 8.28. The lowest BCUT2D eigenvalue weighted by molar-refractivity contribution is 0.860. The van der Waals surface area contributed by atoms with E-state index in [1.807, 2.05) is 30.3 Å². The molecule has 108 valence electrons. The molecule has 0 amide bonds. The Bertz CT molecular complexity index is 739. The third kappa shape index (κ3) is 3.20. The normalized spacial score (nSPS) is 12.3. The van der Waals surface area contributed by atoms with E-state index in [1.165, 1.54) is 6.33 Å². The first-order valence-electron chi connectivity index (χ1n) is 6.30. The Kier molecular flexibility index (Phi) is 4.14. The third-order valence-electron chi connectivity index (χ3n) is 3.02. The van der Waals surface area contributed by atoms with Gasteiger partial charge in [0.25, 0.3) is 0 Å². The molecule has 1 N–H and O–H groups in total. The van der Waals surface area contributed by atoms with Crippen molar-refractivity contribution in [3.8, 4) is 5.69 Å². The largest absolute Gasteiger partial charge is 0.376 e. The second kappa shape index (κ2) is 6.05. The molecule has 0 bridgehead atoms. The van der Waals surface area contributed by atoms with E-state index in [9.17, 15) is 0 Å². The summed E-state index contributed by atoms with van der Waals surface area (Å²) < 4.78 is 2.48. The number of aromatic nitrogens is 3. The van der Waals surface area contributed by atoms with E-state index >= 15 is 0 Å². The van der Waals surface area contributed by atoms with Crippen molar-refractivity contribution >= 4 is 40.2 Å². The number of benzene rings is 1. The Morgan fingerprint density at radius 1 is 1.24 bits per heavy atom. The first-order chi connectivity index (χ1) is 10.1. The van der Waals surface area contributed by atoms with E-state index in [0.29, 0.717) is 5.02 Å². The minimum absolute atomic E-state index is 0.114. The SMILES string of the molecule is CC(Nc1cc(Cl)ccc1-n1cncn1)c1ccc(Cl)s1. The van der Waals surface area contributed by atoms with Crippen molar-refractivity contribution in [1.82, 2.24) is 14.8 Å². The van der Waals surface area contributed by atoms with E-state index in [0.717, 1.165) is 20.6 Å². The molecule has 0 fully saturated rings. The second-order valence-electron chi connectivity index (χ2n) is 4.51. The van der Waals surface area contributed by atoms with Gasteiger partial charge in [-0.15, -0.1) is 11.3 Å². The molecule has 0 aliphatic heterocycles. The summed E-state index contributed by atoms with van der Waals surface area (Å²) >= 11 is 13.7. The van der Waals surface area contributed by atoms with Crippen molar-refractivity contribution in [3.63, 3.8) is 0 Å². The van der Waals surface area contributed by atoms with E-state index in [2.05, 4.69) is 22.3 Å². The highest BCUT2D eigenvalue weighted by Crippen LogP contribution is 2.31. The zero-order valence-corrected chi connectivity index (χ0v) is 13.5. The molecule has 3 aromatic rings. The van der Waals surface area contributed by atoms with Gasteiger partial charge in [-0.25, -0.2) is 9.67 Å². The molecule has 4 nitrogen and oxygen atoms in total. The average molecular weight is 339 g/mol. The molecule has 0 aliphatic rings. The second-order valence-corrected chi connectivity index (χ2v) is 6.69. The van der Waals surface area contributed by atoms with Crippen LogP contribution in [0.15, 0.2) is 43.0 Å². The number of nitrogens with zero attached hydrogens (tertiary/aromatic N) is 3. The Balaban J connectivity index is 1.92. The lowest BCUT2D eigenvalue weighted by Crippen LogP contribution is -2.08. The molecule has 0 saturated heterocycles. The number of anilines is 1. The standard InChI is InChI=1S/C14H12Cl2N4S/c1-9(13-4-5-14(16)21-13)19-11-6-10(15)2-3-12(11)20-8-17-7-18-20/h2-9,19H,1H3. The summed E-state index contributed by atoms with van der Waals surface area (Å²) in [5.41, 5.74) is 1.79. The van der Waals surface area contributed by atoms with Crippen molar-refractivity contribution in [2.45, 2.75) is 13.0 Å². The summed E-state index contributed by atoms with van der Waals surface area (Å²) in [6.07, 6.45) is 3.15. The van der Waals surface area contributed by atoms with Gasteiger partial charge in [0.1, 0.15) is 12.7 Å². The van der Waals surface area contributed by atoms with Crippen LogP contribution in [0.5, 0.6) is 0 Å². The number of nitrogens with one attached hydrogen (secondary N) is 1. The molecule has 1 atom stereocenters. The van der Waals surface area contributed by atoms with Crippen LogP contribution in [0, 0.1) is 0 Å². The minimum atomic E-state index is 0.114. The topological polar surface area (TPSA) is 42.7 Å². The maximum Gasteiger partial charge on any atom is 0.138 e. The predicted octanol–water partition coefficient (Wildman–Crippen LogP) is 4.81. The van der Waals surface area contributed by atoms with Crippen LogP contribution in [-0.2, 0) is 0 Å². The van der Waals surface area contributed by atoms with Gasteiger partial charge in [-0.1, -0.05) is 23.2 Å². The highest BCUT2D eigenvalue weighted by molar-refractivity contribution is 7.16. The summed E-state index contributed by atoms with van der Waals surface area (Å²) in [6.45, 7) is 2.08. The van der Waals surface area contributed by atoms with Gasteiger partial charge < -0.3 is 5.32 Å². The summed E-state index contributed by atoms with van der Waals surface area (Å²) in [4.78, 5) is 5.14. The van der Waals surface area contributed by atoms with Crippen LogP contribution in [0.1, 0.15) is 17.8 Å². The molecular formula is C14H12Cl2N4S. The van der Waals surface area contributed by atoms with E-state index in [1.54, 1.807) is 22.3 Å². The molecule has 2 heterocycles. The molecule has 7 heteroatoms. The molecule has 0 saturated carbocycles. The molecule has 0 aliphatic carbocycles. The molecule has 0 spiro atoms. The van der Waals surface area contributed by atoms with E-state index < -0.39 is 0 Å². The van der Waals surface area contributed by atoms with Crippen molar-refractivity contribution in [1.29, 1.82) is 0 Å². The van der Waals surface area contributed by atoms with Crippen LogP contribution < -0.4 is 5.32 Å². The monoisotopic (exact) mass is 338 g/mol. The Labute approximate surface area is 136 Å². The van der Waals surface area contributed by atoms with Crippen LogP contribution in [0.2, 0.25) is 9.36 Å². The number of halogens is 2. The van der Waals surface area contributed by atoms with Gasteiger partial charge in [0.05, 0.1) is 21.8 Å². The zero-order chi connectivity index (χ0) is 14.8. The van der Waals surface area contributed by atoms with Crippen molar-refractivity contribution in [2.75, 3.05) is 5.32 Å². The Hall–Kier alpha value is -1.56. The van der Waals surface area contributed by atoms with Gasteiger partial charge in [0, 0.05) is 9.90 Å². The minimum Gasteiger partial charge on any atom is -0.376 e. The first-order valence-corrected chi connectivity index (χ1v) is 7.87. The van der Waals surface area contributed by atoms with Crippen LogP contribution in [0.25, 0.3) is 5.69 Å². The van der Waals surface area contributed by atoms with Gasteiger partial charge in [-0.3, -0.25) is 0 Å². The Morgan fingerprint density at radius 2 is 2.10 bits per heavy atom. The number of rotatable bonds is 4. The lowest BCUT2D eigenvalue weighted by atomic mass is 10.2. The zero-order valence-electron chi connectivity index (χ0n) is 11.1. The summed E-state index contributed by atoms with van der Waals surface area (Å²) in [5.74, 6) is 0. The molecule has 2 aromatic heterocycles. The van der Waals surface area contributed by atoms with Crippen molar-refractivity contribution < 1.29 is 0 Å². The van der Waals surface area contributed by atoms with Crippen molar-refractivity contribution in [3.05, 3.63) is 57.2 Å². The van der Waals surface area contributed by atoms with Gasteiger partial charge in [-0.2, -0.15) is 5.10 Å². The summed E-state index contributed by atoms with van der Waals surface area (Å²) in [7, 11) is 0. The highest BCUT2D eigenvalue weighted by Gasteiger charge is 2.12. The molecule has 1 unspecified atom stereocenters. The quantitative estimate of drug-likeness (QED) is 0.742. The molecule has 0 radical (unpaired) electrons. The van der Waals surface area contributed by atoms with Gasteiger partial charge in [0.2, 0.25) is 0 Å². The lowest BCUT2D eigenvalue weighted by Gasteiger charge is -2.17. The highest BCUT2D eigenvalue weighted by atomic mass is 35.5. The fourth-order valence-electron chi connectivity index (χ4n) is 2.02. The van der Waals surface area contributed by atoms with Crippen molar-refractivity contribution in [2.24, 2.45) is 0 Å². The molecule has 3 rings (SSSR count). The van der Waals surface area contributed by atoms with Gasteiger partial charge >= 0.3 is 0 Å². The summed E-state index contributed by atoms with van der Waals surface area (Å²) in [6, 6.07) is 9.65. The smallest absolute Gasteiger partial charge is 0.138 e. The molecular weight excluding hydrogens is 327 g/mol. The van der Waals surface area contributed by atoms with Crippen LogP contribution >= 0.6 is 34.5 Å². The molecule has 1 aromatic carbocycles. The third-order valence-corrected chi connectivity index (χ3v) is 4.67. The average Bonchev–Trinajstić information content (AvgIpc) is 3.10. The predicted molar refractivity (Wildman–Crippen MR) is 87.7 cm³/mol. The Morgan fingerprint density at radius 3 is 2.76 bits per heavy atom. The number of thiophene rings is 1. The fourth-order valence-corrected chi connectivity index (χ4v) is 3.26. The van der Waals surface area contributed by atoms with Crippen LogP contribution in [0.4, 0.5) is 5.69 Å². The van der Waals surface area contributed by atoms with Crippen LogP contribution in [-0.4, -0.2) is 14.8 Å². The van der Waals surface area contributed by atoms with E-state index in [4.69, 9.17) is 23.2 Å². The maximum absolute atomic E-state index is 6.11. The van der Waals surface area contributed by atoms with Gasteiger partial charge in [0.15, 0.2) is 0 Å². The number of hydrogen-bond donors (Lipinski definition) is 1. The molecule has 21 heavy (non-hydrogen) atoms. The van der Waals surface area contributed by atoms with E-state index in [-0.39, 0.29) is 6.04 Å². The first kappa shape index (κ1) is 14.4. The van der Waals surface area contributed by atoms with Gasteiger partial charge in [-0.05, 0) is 37.3 Å².